The molecule has 1 aliphatic rings. The van der Waals surface area contributed by atoms with Gasteiger partial charge in [0.2, 0.25) is 0 Å². The molecule has 0 radical (unpaired) electrons. The Bertz CT molecular complexity index is 505. The smallest absolute Gasteiger partial charge is 0.435 e. The van der Waals surface area contributed by atoms with E-state index >= 15 is 0 Å². The van der Waals surface area contributed by atoms with Crippen LogP contribution in [0.1, 0.15) is 0 Å². The Morgan fingerprint density at radius 1 is 0.652 bits per heavy atom. The molecule has 136 valence electrons. The molecule has 1 fully saturated rings. The first-order valence-electron chi connectivity index (χ1n) is 4.88. The van der Waals surface area contributed by atoms with E-state index in [1.165, 1.54) is 0 Å². The molecule has 0 spiro atoms. The minimum Gasteiger partial charge on any atom is -0.479 e. The van der Waals surface area contributed by atoms with Crippen molar-refractivity contribution >= 4 is 5.97 Å². The third kappa shape index (κ3) is 1.55. The van der Waals surface area contributed by atoms with Crippen LogP contribution in [0.4, 0.5) is 57.1 Å². The van der Waals surface area contributed by atoms with Gasteiger partial charge in [-0.05, 0) is 0 Å². The summed E-state index contributed by atoms with van der Waals surface area (Å²) < 4.78 is 168. The van der Waals surface area contributed by atoms with Crippen molar-refractivity contribution in [3.63, 3.8) is 0 Å². The van der Waals surface area contributed by atoms with Gasteiger partial charge in [0, 0.05) is 0 Å². The molecule has 0 bridgehead atoms. The van der Waals surface area contributed by atoms with Gasteiger partial charge in [0.25, 0.3) is 0 Å². The molecule has 1 saturated carbocycles. The number of halogens is 13. The third-order valence-corrected chi connectivity index (χ3v) is 3.20. The monoisotopic (exact) mass is 376 g/mol. The number of rotatable bonds is 1. The highest BCUT2D eigenvalue weighted by atomic mass is 19.4. The van der Waals surface area contributed by atoms with Gasteiger partial charge in [-0.25, -0.2) is 13.6 Å². The van der Waals surface area contributed by atoms with Gasteiger partial charge in [-0.1, -0.05) is 0 Å². The summed E-state index contributed by atoms with van der Waals surface area (Å²) in [6.07, 6.45) is -7.74. The van der Waals surface area contributed by atoms with E-state index in [2.05, 4.69) is 0 Å². The SMILES string of the molecule is O=C(O)C1(F)C(F)(F)C(F)(F)C(F)(C(F)(F)F)C(F)(F)C1(F)F. The zero-order valence-corrected chi connectivity index (χ0v) is 9.77. The predicted molar refractivity (Wildman–Crippen MR) is 41.2 cm³/mol. The van der Waals surface area contributed by atoms with Crippen LogP contribution >= 0.6 is 0 Å². The summed E-state index contributed by atoms with van der Waals surface area (Å²) in [5.74, 6) is -35.5. The maximum atomic E-state index is 13.4. The van der Waals surface area contributed by atoms with Gasteiger partial charge in [0.1, 0.15) is 0 Å². The molecule has 0 aromatic carbocycles. The van der Waals surface area contributed by atoms with E-state index in [0.29, 0.717) is 0 Å². The fourth-order valence-electron chi connectivity index (χ4n) is 1.88. The van der Waals surface area contributed by atoms with Crippen LogP contribution in [-0.2, 0) is 4.79 Å². The Labute approximate surface area is 115 Å². The van der Waals surface area contributed by atoms with E-state index in [-0.39, 0.29) is 0 Å². The number of hydrogen-bond donors (Lipinski definition) is 1. The third-order valence-electron chi connectivity index (χ3n) is 3.20. The number of hydrogen-bond acceptors (Lipinski definition) is 1. The van der Waals surface area contributed by atoms with E-state index in [9.17, 15) is 61.9 Å². The molecule has 0 heterocycles. The van der Waals surface area contributed by atoms with Crippen LogP contribution < -0.4 is 0 Å². The molecule has 23 heavy (non-hydrogen) atoms. The van der Waals surface area contributed by atoms with Gasteiger partial charge in [0.05, 0.1) is 0 Å². The lowest BCUT2D eigenvalue weighted by atomic mass is 9.66. The van der Waals surface area contributed by atoms with Crippen molar-refractivity contribution in [2.45, 2.75) is 41.2 Å². The summed E-state index contributed by atoms with van der Waals surface area (Å²) in [5.41, 5.74) is -15.2. The van der Waals surface area contributed by atoms with Crippen LogP contribution in [-0.4, -0.2) is 52.3 Å². The molecule has 0 aromatic rings. The van der Waals surface area contributed by atoms with Crippen LogP contribution in [0.5, 0.6) is 0 Å². The van der Waals surface area contributed by atoms with Crippen LogP contribution in [0.15, 0.2) is 0 Å². The molecular weight excluding hydrogens is 375 g/mol. The normalized spacial score (nSPS) is 38.1. The molecular formula is C8HF13O2. The quantitative estimate of drug-likeness (QED) is 0.711. The molecule has 0 aliphatic heterocycles. The summed E-state index contributed by atoms with van der Waals surface area (Å²) in [4.78, 5) is 10.1. The molecule has 0 amide bonds. The van der Waals surface area contributed by atoms with Crippen LogP contribution in [0.3, 0.4) is 0 Å². The molecule has 0 saturated heterocycles. The Hall–Kier alpha value is -1.44. The first-order chi connectivity index (χ1) is 9.69. The predicted octanol–water partition coefficient (Wildman–Crippen LogP) is 3.60. The molecule has 15 heteroatoms. The summed E-state index contributed by atoms with van der Waals surface area (Å²) in [6, 6.07) is 0. The summed E-state index contributed by atoms with van der Waals surface area (Å²) >= 11 is 0. The van der Waals surface area contributed by atoms with Crippen molar-refractivity contribution in [3.8, 4) is 0 Å². The molecule has 0 aromatic heterocycles. The van der Waals surface area contributed by atoms with Gasteiger partial charge in [0.15, 0.2) is 0 Å². The maximum Gasteiger partial charge on any atom is 0.435 e. The van der Waals surface area contributed by atoms with Crippen molar-refractivity contribution in [2.75, 3.05) is 0 Å². The Balaban J connectivity index is 4.06. The lowest BCUT2D eigenvalue weighted by Gasteiger charge is -2.53. The van der Waals surface area contributed by atoms with Gasteiger partial charge < -0.3 is 5.11 Å². The highest BCUT2D eigenvalue weighted by molar-refractivity contribution is 5.82. The molecule has 1 aliphatic carbocycles. The van der Waals surface area contributed by atoms with Crippen LogP contribution in [0.25, 0.3) is 0 Å². The standard InChI is InChI=1S/C8HF13O2/c9-2(1(22)23)4(11,12)6(15,16)3(10,8(19,20)21)7(17,18)5(2,13)14/h(H,22,23). The number of aliphatic carboxylic acids is 1. The van der Waals surface area contributed by atoms with Crippen molar-refractivity contribution in [1.82, 2.24) is 0 Å². The van der Waals surface area contributed by atoms with Crippen LogP contribution in [0, 0.1) is 0 Å². The second kappa shape index (κ2) is 4.15. The molecule has 1 N–H and O–H groups in total. The lowest BCUT2D eigenvalue weighted by molar-refractivity contribution is -0.491. The van der Waals surface area contributed by atoms with Crippen molar-refractivity contribution < 1.29 is 67.0 Å². The second-order valence-corrected chi connectivity index (χ2v) is 4.42. The van der Waals surface area contributed by atoms with E-state index in [1.54, 1.807) is 0 Å². The van der Waals surface area contributed by atoms with Gasteiger partial charge in [-0.3, -0.25) is 0 Å². The first kappa shape index (κ1) is 19.6. The summed E-state index contributed by atoms with van der Waals surface area (Å²) in [7, 11) is 0. The topological polar surface area (TPSA) is 37.3 Å². The van der Waals surface area contributed by atoms with Crippen molar-refractivity contribution in [1.29, 1.82) is 0 Å². The van der Waals surface area contributed by atoms with Gasteiger partial charge in [-0.15, -0.1) is 0 Å². The minimum atomic E-state index is -7.95. The highest BCUT2D eigenvalue weighted by Crippen LogP contribution is 2.72. The van der Waals surface area contributed by atoms with Crippen molar-refractivity contribution in [2.24, 2.45) is 0 Å². The van der Waals surface area contributed by atoms with E-state index in [0.717, 1.165) is 0 Å². The van der Waals surface area contributed by atoms with Gasteiger partial charge in [-0.2, -0.15) is 48.3 Å². The van der Waals surface area contributed by atoms with Crippen LogP contribution in [0.2, 0.25) is 0 Å². The number of carbonyl (C=O) groups is 1. The second-order valence-electron chi connectivity index (χ2n) is 4.42. The van der Waals surface area contributed by atoms with Crippen molar-refractivity contribution in [3.05, 3.63) is 0 Å². The maximum absolute atomic E-state index is 13.4. The zero-order chi connectivity index (χ0) is 19.1. The highest BCUT2D eigenvalue weighted by Gasteiger charge is 3.06. The Morgan fingerprint density at radius 2 is 0.913 bits per heavy atom. The molecule has 2 nitrogen and oxygen atoms in total. The Kier molecular flexibility index (Phi) is 3.53. The average molecular weight is 376 g/mol. The fourth-order valence-corrected chi connectivity index (χ4v) is 1.88. The Morgan fingerprint density at radius 3 is 1.09 bits per heavy atom. The molecule has 1 rings (SSSR count). The largest absolute Gasteiger partial charge is 0.479 e. The minimum absolute atomic E-state index is 4.34. The molecule has 0 atom stereocenters. The summed E-state index contributed by atoms with van der Waals surface area (Å²) in [6.45, 7) is 0. The number of carboxylic acids is 1. The fraction of sp³-hybridized carbons (Fsp3) is 0.875. The van der Waals surface area contributed by atoms with E-state index < -0.39 is 47.2 Å². The number of carboxylic acid groups (broad SMARTS) is 1. The van der Waals surface area contributed by atoms with Gasteiger partial charge >= 0.3 is 47.2 Å². The molecule has 0 unspecified atom stereocenters. The van der Waals surface area contributed by atoms with E-state index in [1.807, 2.05) is 0 Å². The average Bonchev–Trinajstić information content (AvgIpc) is 2.32. The first-order valence-corrected chi connectivity index (χ1v) is 4.88. The number of alkyl halides is 13. The summed E-state index contributed by atoms with van der Waals surface area (Å²) in [5, 5.41) is 7.90. The zero-order valence-electron chi connectivity index (χ0n) is 9.77. The lowest BCUT2D eigenvalue weighted by Crippen LogP contribution is -2.89. The van der Waals surface area contributed by atoms with E-state index in [4.69, 9.17) is 5.11 Å².